The molecule has 0 bridgehead atoms. The minimum Gasteiger partial charge on any atom is -0.348 e. The lowest BCUT2D eigenvalue weighted by molar-refractivity contribution is -0.127. The predicted octanol–water partition coefficient (Wildman–Crippen LogP) is 2.48. The minimum absolute atomic E-state index is 0.187. The number of anilines is 1. The molecule has 0 N–H and O–H groups in total. The number of benzene rings is 1. The van der Waals surface area contributed by atoms with Crippen LogP contribution in [0.5, 0.6) is 0 Å². The van der Waals surface area contributed by atoms with Crippen LogP contribution in [0.2, 0.25) is 0 Å². The molecule has 0 fully saturated rings. The number of nitrogens with zero attached hydrogens (tertiary/aromatic N) is 2. The monoisotopic (exact) mass is 344 g/mol. The number of sulfonamides is 1. The summed E-state index contributed by atoms with van der Waals surface area (Å²) in [5, 5.41) is -1.22. The summed E-state index contributed by atoms with van der Waals surface area (Å²) >= 11 is 0. The third kappa shape index (κ3) is 4.92. The first-order chi connectivity index (χ1) is 10.4. The Bertz CT molecular complexity index is 649. The molecule has 0 aliphatic carbocycles. The van der Waals surface area contributed by atoms with E-state index in [1.165, 1.54) is 54.5 Å². The van der Waals surface area contributed by atoms with E-state index in [-0.39, 0.29) is 12.0 Å². The molecule has 1 aromatic rings. The van der Waals surface area contributed by atoms with E-state index in [1.54, 1.807) is 0 Å². The molecule has 0 saturated heterocycles. The molecule has 0 heterocycles. The van der Waals surface area contributed by atoms with E-state index in [9.17, 15) is 17.6 Å². The fourth-order valence-electron chi connectivity index (χ4n) is 2.05. The van der Waals surface area contributed by atoms with Gasteiger partial charge in [0.25, 0.3) is 0 Å². The SMILES string of the molecule is C[C@@H](C(=O)N(C)C)S(=O)(=O)N(CC(C)(C)C)c1ccc(F)cc1. The van der Waals surface area contributed by atoms with Crippen LogP contribution >= 0.6 is 0 Å². The average molecular weight is 344 g/mol. The van der Waals surface area contributed by atoms with Gasteiger partial charge in [0, 0.05) is 20.6 Å². The molecule has 5 nitrogen and oxygen atoms in total. The minimum atomic E-state index is -3.92. The highest BCUT2D eigenvalue weighted by Crippen LogP contribution is 2.27. The van der Waals surface area contributed by atoms with Crippen LogP contribution < -0.4 is 4.31 Å². The molecular formula is C16H25FN2O3S. The quantitative estimate of drug-likeness (QED) is 0.824. The third-order valence-electron chi connectivity index (χ3n) is 3.28. The van der Waals surface area contributed by atoms with Crippen molar-refractivity contribution in [1.82, 2.24) is 4.90 Å². The Morgan fingerprint density at radius 1 is 1.17 bits per heavy atom. The average Bonchev–Trinajstić information content (AvgIpc) is 2.43. The van der Waals surface area contributed by atoms with Crippen LogP contribution in [-0.2, 0) is 14.8 Å². The van der Waals surface area contributed by atoms with Gasteiger partial charge in [-0.1, -0.05) is 20.8 Å². The van der Waals surface area contributed by atoms with E-state index < -0.39 is 27.0 Å². The molecule has 0 radical (unpaired) electrons. The van der Waals surface area contributed by atoms with Gasteiger partial charge in [-0.25, -0.2) is 12.8 Å². The number of halogens is 1. The standard InChI is InChI=1S/C16H25FN2O3S/c1-12(15(20)18(5)6)23(21,22)19(11-16(2,3)4)14-9-7-13(17)8-10-14/h7-10,12H,11H2,1-6H3/t12-/m0/s1. The lowest BCUT2D eigenvalue weighted by Crippen LogP contribution is -2.47. The second-order valence-electron chi connectivity index (χ2n) is 6.96. The molecular weight excluding hydrogens is 319 g/mol. The maximum Gasteiger partial charge on any atom is 0.246 e. The number of rotatable bonds is 5. The van der Waals surface area contributed by atoms with Crippen LogP contribution in [0.3, 0.4) is 0 Å². The van der Waals surface area contributed by atoms with E-state index in [1.807, 2.05) is 20.8 Å². The molecule has 7 heteroatoms. The summed E-state index contributed by atoms with van der Waals surface area (Å²) in [4.78, 5) is 13.4. The van der Waals surface area contributed by atoms with Gasteiger partial charge in [-0.15, -0.1) is 0 Å². The van der Waals surface area contributed by atoms with Gasteiger partial charge in [-0.05, 0) is 36.6 Å². The number of carbonyl (C=O) groups excluding carboxylic acids is 1. The van der Waals surface area contributed by atoms with Crippen molar-refractivity contribution in [1.29, 1.82) is 0 Å². The zero-order valence-corrected chi connectivity index (χ0v) is 15.3. The summed E-state index contributed by atoms with van der Waals surface area (Å²) in [5.41, 5.74) is 0.0160. The normalized spacial score (nSPS) is 13.5. The summed E-state index contributed by atoms with van der Waals surface area (Å²) in [7, 11) is -0.896. The molecule has 0 saturated carbocycles. The molecule has 0 aliphatic heterocycles. The maximum absolute atomic E-state index is 13.1. The van der Waals surface area contributed by atoms with Crippen LogP contribution in [0.15, 0.2) is 24.3 Å². The van der Waals surface area contributed by atoms with Crippen LogP contribution in [0.4, 0.5) is 10.1 Å². The highest BCUT2D eigenvalue weighted by atomic mass is 32.2. The van der Waals surface area contributed by atoms with Crippen molar-refractivity contribution < 1.29 is 17.6 Å². The third-order valence-corrected chi connectivity index (χ3v) is 5.32. The van der Waals surface area contributed by atoms with E-state index in [2.05, 4.69) is 0 Å². The lowest BCUT2D eigenvalue weighted by atomic mass is 9.97. The molecule has 130 valence electrons. The molecule has 0 unspecified atom stereocenters. The van der Waals surface area contributed by atoms with Crippen molar-refractivity contribution >= 4 is 21.6 Å². The van der Waals surface area contributed by atoms with Gasteiger partial charge in [-0.3, -0.25) is 9.10 Å². The van der Waals surface area contributed by atoms with Crippen LogP contribution in [0, 0.1) is 11.2 Å². The van der Waals surface area contributed by atoms with Gasteiger partial charge in [0.2, 0.25) is 15.9 Å². The smallest absolute Gasteiger partial charge is 0.246 e. The van der Waals surface area contributed by atoms with Crippen molar-refractivity contribution in [2.24, 2.45) is 5.41 Å². The Kier molecular flexibility index (Phi) is 5.79. The second-order valence-corrected chi connectivity index (χ2v) is 9.14. The largest absolute Gasteiger partial charge is 0.348 e. The lowest BCUT2D eigenvalue weighted by Gasteiger charge is -2.33. The van der Waals surface area contributed by atoms with Gasteiger partial charge < -0.3 is 4.90 Å². The Morgan fingerprint density at radius 3 is 2.04 bits per heavy atom. The molecule has 0 aromatic heterocycles. The summed E-state index contributed by atoms with van der Waals surface area (Å²) < 4.78 is 40.2. The second kappa shape index (κ2) is 6.86. The van der Waals surface area contributed by atoms with Crippen molar-refractivity contribution in [2.75, 3.05) is 24.9 Å². The molecule has 1 amide bonds. The van der Waals surface area contributed by atoms with Crippen molar-refractivity contribution in [2.45, 2.75) is 32.9 Å². The number of amides is 1. The Balaban J connectivity index is 3.33. The first kappa shape index (κ1) is 19.4. The Labute approximate surface area is 138 Å². The van der Waals surface area contributed by atoms with Gasteiger partial charge in [0.05, 0.1) is 5.69 Å². The van der Waals surface area contributed by atoms with E-state index in [4.69, 9.17) is 0 Å². The van der Waals surface area contributed by atoms with Crippen LogP contribution in [0.1, 0.15) is 27.7 Å². The molecule has 1 rings (SSSR count). The first-order valence-electron chi connectivity index (χ1n) is 7.34. The van der Waals surface area contributed by atoms with Crippen molar-refractivity contribution in [3.8, 4) is 0 Å². The number of hydrogen-bond acceptors (Lipinski definition) is 3. The first-order valence-corrected chi connectivity index (χ1v) is 8.85. The van der Waals surface area contributed by atoms with Crippen molar-refractivity contribution in [3.63, 3.8) is 0 Å². The fourth-order valence-corrected chi connectivity index (χ4v) is 3.88. The summed E-state index contributed by atoms with van der Waals surface area (Å²) in [6, 6.07) is 5.23. The molecule has 23 heavy (non-hydrogen) atoms. The van der Waals surface area contributed by atoms with Crippen molar-refractivity contribution in [3.05, 3.63) is 30.1 Å². The Hall–Kier alpha value is -1.63. The van der Waals surface area contributed by atoms with Gasteiger partial charge >= 0.3 is 0 Å². The topological polar surface area (TPSA) is 57.7 Å². The highest BCUT2D eigenvalue weighted by Gasteiger charge is 2.36. The molecule has 1 atom stereocenters. The zero-order chi connectivity index (χ0) is 18.0. The van der Waals surface area contributed by atoms with Crippen LogP contribution in [0.25, 0.3) is 0 Å². The highest BCUT2D eigenvalue weighted by molar-refractivity contribution is 7.94. The van der Waals surface area contributed by atoms with E-state index >= 15 is 0 Å². The summed E-state index contributed by atoms with van der Waals surface area (Å²) in [5.74, 6) is -0.940. The molecule has 0 aliphatic rings. The molecule has 0 spiro atoms. The Morgan fingerprint density at radius 2 is 1.65 bits per heavy atom. The van der Waals surface area contributed by atoms with E-state index in [0.29, 0.717) is 5.69 Å². The zero-order valence-electron chi connectivity index (χ0n) is 14.5. The number of carbonyl (C=O) groups is 1. The fraction of sp³-hybridized carbons (Fsp3) is 0.562. The maximum atomic E-state index is 13.1. The van der Waals surface area contributed by atoms with Gasteiger partial charge in [0.15, 0.2) is 5.25 Å². The van der Waals surface area contributed by atoms with E-state index in [0.717, 1.165) is 0 Å². The molecule has 1 aromatic carbocycles. The van der Waals surface area contributed by atoms with Gasteiger partial charge in [0.1, 0.15) is 5.82 Å². The predicted molar refractivity (Wildman–Crippen MR) is 90.3 cm³/mol. The van der Waals surface area contributed by atoms with Gasteiger partial charge in [-0.2, -0.15) is 0 Å². The summed E-state index contributed by atoms with van der Waals surface area (Å²) in [6.07, 6.45) is 0. The van der Waals surface area contributed by atoms with Crippen LogP contribution in [-0.4, -0.2) is 45.1 Å². The summed E-state index contributed by atoms with van der Waals surface area (Å²) in [6.45, 7) is 7.26. The number of hydrogen-bond donors (Lipinski definition) is 0.